The van der Waals surface area contributed by atoms with E-state index in [9.17, 15) is 0 Å². The molecule has 2 aliphatic rings. The van der Waals surface area contributed by atoms with Gasteiger partial charge in [-0.1, -0.05) is 24.3 Å². The van der Waals surface area contributed by atoms with Crippen LogP contribution in [0.4, 0.5) is 0 Å². The highest BCUT2D eigenvalue weighted by Gasteiger charge is 2.37. The van der Waals surface area contributed by atoms with Crippen molar-refractivity contribution in [3.63, 3.8) is 0 Å². The van der Waals surface area contributed by atoms with Gasteiger partial charge in [-0.2, -0.15) is 0 Å². The molecule has 2 N–H and O–H groups in total. The highest BCUT2D eigenvalue weighted by molar-refractivity contribution is 5.25. The summed E-state index contributed by atoms with van der Waals surface area (Å²) >= 11 is 0. The van der Waals surface area contributed by atoms with Crippen molar-refractivity contribution in [1.82, 2.24) is 4.90 Å². The average Bonchev–Trinajstić information content (AvgIpc) is 3.11. The maximum Gasteiger partial charge on any atom is 0.0594 e. The zero-order valence-corrected chi connectivity index (χ0v) is 10.9. The lowest BCUT2D eigenvalue weighted by Gasteiger charge is -2.26. The molecule has 0 spiro atoms. The van der Waals surface area contributed by atoms with Gasteiger partial charge in [0.2, 0.25) is 0 Å². The van der Waals surface area contributed by atoms with Crippen LogP contribution in [-0.4, -0.2) is 36.7 Å². The SMILES string of the molecule is NC1(Cc2ccc(CN3CCOCC3)cc2)CC1. The van der Waals surface area contributed by atoms with Crippen LogP contribution in [0.25, 0.3) is 0 Å². The predicted molar refractivity (Wildman–Crippen MR) is 72.4 cm³/mol. The molecule has 1 aliphatic heterocycles. The van der Waals surface area contributed by atoms with Gasteiger partial charge in [-0.3, -0.25) is 4.90 Å². The second kappa shape index (κ2) is 5.00. The zero-order chi connectivity index (χ0) is 12.4. The molecule has 1 heterocycles. The number of ether oxygens (including phenoxy) is 1. The first kappa shape index (κ1) is 12.2. The van der Waals surface area contributed by atoms with E-state index in [2.05, 4.69) is 29.2 Å². The fraction of sp³-hybridized carbons (Fsp3) is 0.600. The molecule has 2 fully saturated rings. The number of hydrogen-bond acceptors (Lipinski definition) is 3. The van der Waals surface area contributed by atoms with E-state index in [1.807, 2.05) is 0 Å². The van der Waals surface area contributed by atoms with Crippen LogP contribution in [0, 0.1) is 0 Å². The van der Waals surface area contributed by atoms with Crippen molar-refractivity contribution in [3.05, 3.63) is 35.4 Å². The smallest absolute Gasteiger partial charge is 0.0594 e. The Balaban J connectivity index is 1.56. The topological polar surface area (TPSA) is 38.5 Å². The zero-order valence-electron chi connectivity index (χ0n) is 10.9. The lowest BCUT2D eigenvalue weighted by molar-refractivity contribution is 0.0342. The number of nitrogens with two attached hydrogens (primary N) is 1. The van der Waals surface area contributed by atoms with Crippen LogP contribution >= 0.6 is 0 Å². The van der Waals surface area contributed by atoms with Gasteiger partial charge in [0, 0.05) is 25.2 Å². The summed E-state index contributed by atoms with van der Waals surface area (Å²) in [5.74, 6) is 0. The third-order valence-corrected chi connectivity index (χ3v) is 3.98. The summed E-state index contributed by atoms with van der Waals surface area (Å²) in [7, 11) is 0. The summed E-state index contributed by atoms with van der Waals surface area (Å²) < 4.78 is 5.36. The van der Waals surface area contributed by atoms with Crippen LogP contribution in [0.3, 0.4) is 0 Å². The van der Waals surface area contributed by atoms with E-state index in [4.69, 9.17) is 10.5 Å². The standard InChI is InChI=1S/C15H22N2O/c16-15(5-6-15)11-13-1-3-14(4-2-13)12-17-7-9-18-10-8-17/h1-4H,5-12,16H2. The molecule has 1 aromatic rings. The molecule has 0 radical (unpaired) electrons. The van der Waals surface area contributed by atoms with Gasteiger partial charge in [-0.25, -0.2) is 0 Å². The molecule has 1 saturated carbocycles. The number of benzene rings is 1. The maximum absolute atomic E-state index is 6.14. The highest BCUT2D eigenvalue weighted by Crippen LogP contribution is 2.35. The molecular formula is C15H22N2O. The van der Waals surface area contributed by atoms with Crippen LogP contribution < -0.4 is 5.73 Å². The maximum atomic E-state index is 6.14. The Morgan fingerprint density at radius 1 is 1.06 bits per heavy atom. The molecule has 0 amide bonds. The van der Waals surface area contributed by atoms with E-state index >= 15 is 0 Å². The number of morpholine rings is 1. The molecule has 18 heavy (non-hydrogen) atoms. The molecule has 0 unspecified atom stereocenters. The van der Waals surface area contributed by atoms with E-state index in [1.54, 1.807) is 0 Å². The molecule has 3 rings (SSSR count). The Morgan fingerprint density at radius 3 is 2.28 bits per heavy atom. The molecule has 1 aromatic carbocycles. The lowest BCUT2D eigenvalue weighted by atomic mass is 10.0. The Morgan fingerprint density at radius 2 is 1.67 bits per heavy atom. The Kier molecular flexibility index (Phi) is 3.37. The van der Waals surface area contributed by atoms with Gasteiger partial charge in [0.05, 0.1) is 13.2 Å². The third kappa shape index (κ3) is 3.10. The Bertz CT molecular complexity index is 391. The quantitative estimate of drug-likeness (QED) is 0.876. The molecule has 0 atom stereocenters. The summed E-state index contributed by atoms with van der Waals surface area (Å²) in [5, 5.41) is 0. The van der Waals surface area contributed by atoms with Gasteiger partial charge in [0.1, 0.15) is 0 Å². The molecule has 3 heteroatoms. The number of rotatable bonds is 4. The second-order valence-corrected chi connectivity index (χ2v) is 5.74. The average molecular weight is 246 g/mol. The van der Waals surface area contributed by atoms with Crippen molar-refractivity contribution in [2.75, 3.05) is 26.3 Å². The molecule has 0 aromatic heterocycles. The molecule has 98 valence electrons. The minimum atomic E-state index is 0.117. The van der Waals surface area contributed by atoms with E-state index in [1.165, 1.54) is 24.0 Å². The monoisotopic (exact) mass is 246 g/mol. The molecular weight excluding hydrogens is 224 g/mol. The number of hydrogen-bond donors (Lipinski definition) is 1. The van der Waals surface area contributed by atoms with E-state index in [0.29, 0.717) is 0 Å². The fourth-order valence-corrected chi connectivity index (χ4v) is 2.52. The van der Waals surface area contributed by atoms with Crippen molar-refractivity contribution in [2.24, 2.45) is 5.73 Å². The first-order valence-electron chi connectivity index (χ1n) is 6.90. The van der Waals surface area contributed by atoms with Gasteiger partial charge < -0.3 is 10.5 Å². The summed E-state index contributed by atoms with van der Waals surface area (Å²) in [6.45, 7) is 4.88. The normalized spacial score (nSPS) is 22.9. The lowest BCUT2D eigenvalue weighted by Crippen LogP contribution is -2.35. The van der Waals surface area contributed by atoms with Gasteiger partial charge in [-0.15, -0.1) is 0 Å². The van der Waals surface area contributed by atoms with Gasteiger partial charge >= 0.3 is 0 Å². The van der Waals surface area contributed by atoms with Gasteiger partial charge in [0.25, 0.3) is 0 Å². The van der Waals surface area contributed by atoms with Gasteiger partial charge in [-0.05, 0) is 30.4 Å². The van der Waals surface area contributed by atoms with Crippen molar-refractivity contribution in [3.8, 4) is 0 Å². The fourth-order valence-electron chi connectivity index (χ4n) is 2.52. The first-order chi connectivity index (χ1) is 8.73. The predicted octanol–water partition coefficient (Wildman–Crippen LogP) is 1.55. The minimum absolute atomic E-state index is 0.117. The second-order valence-electron chi connectivity index (χ2n) is 5.74. The van der Waals surface area contributed by atoms with Crippen LogP contribution in [0.5, 0.6) is 0 Å². The number of nitrogens with zero attached hydrogens (tertiary/aromatic N) is 1. The summed E-state index contributed by atoms with van der Waals surface area (Å²) in [6.07, 6.45) is 3.40. The van der Waals surface area contributed by atoms with E-state index in [0.717, 1.165) is 39.3 Å². The van der Waals surface area contributed by atoms with E-state index < -0.39 is 0 Å². The molecule has 1 saturated heterocycles. The highest BCUT2D eigenvalue weighted by atomic mass is 16.5. The van der Waals surface area contributed by atoms with Gasteiger partial charge in [0.15, 0.2) is 0 Å². The van der Waals surface area contributed by atoms with E-state index in [-0.39, 0.29) is 5.54 Å². The van der Waals surface area contributed by atoms with Crippen molar-refractivity contribution < 1.29 is 4.74 Å². The minimum Gasteiger partial charge on any atom is -0.379 e. The largest absolute Gasteiger partial charge is 0.379 e. The van der Waals surface area contributed by atoms with Crippen LogP contribution in [0.15, 0.2) is 24.3 Å². The van der Waals surface area contributed by atoms with Crippen molar-refractivity contribution in [1.29, 1.82) is 0 Å². The van der Waals surface area contributed by atoms with Crippen molar-refractivity contribution in [2.45, 2.75) is 31.3 Å². The third-order valence-electron chi connectivity index (χ3n) is 3.98. The summed E-state index contributed by atoms with van der Waals surface area (Å²) in [5.41, 5.74) is 9.03. The summed E-state index contributed by atoms with van der Waals surface area (Å²) in [4.78, 5) is 2.45. The van der Waals surface area contributed by atoms with Crippen LogP contribution in [0.1, 0.15) is 24.0 Å². The Hall–Kier alpha value is -0.900. The summed E-state index contributed by atoms with van der Waals surface area (Å²) in [6, 6.07) is 8.97. The Labute approximate surface area is 109 Å². The molecule has 0 bridgehead atoms. The first-order valence-corrected chi connectivity index (χ1v) is 6.90. The van der Waals surface area contributed by atoms with Crippen LogP contribution in [-0.2, 0) is 17.7 Å². The van der Waals surface area contributed by atoms with Crippen LogP contribution in [0.2, 0.25) is 0 Å². The molecule has 3 nitrogen and oxygen atoms in total. The molecule has 1 aliphatic carbocycles. The van der Waals surface area contributed by atoms with Crippen molar-refractivity contribution >= 4 is 0 Å².